The number of anilines is 1. The quantitative estimate of drug-likeness (QED) is 0.447. The Balaban J connectivity index is 2.32. The molecule has 0 bridgehead atoms. The van der Waals surface area contributed by atoms with Gasteiger partial charge in [-0.3, -0.25) is 9.59 Å². The van der Waals surface area contributed by atoms with E-state index in [-0.39, 0.29) is 50.2 Å². The summed E-state index contributed by atoms with van der Waals surface area (Å²) in [7, 11) is 0. The Morgan fingerprint density at radius 1 is 1.26 bits per heavy atom. The molecule has 4 nitrogen and oxygen atoms in total. The van der Waals surface area contributed by atoms with Crippen LogP contribution in [0.2, 0.25) is 10.0 Å². The van der Waals surface area contributed by atoms with Crippen molar-refractivity contribution in [3.05, 3.63) is 51.5 Å². The van der Waals surface area contributed by atoms with Crippen LogP contribution in [0.1, 0.15) is 22.8 Å². The van der Waals surface area contributed by atoms with E-state index in [0.29, 0.717) is 12.0 Å². The molecular formula is C17H12Cl2F3NO3S. The smallest absolute Gasteiger partial charge is 0.426 e. The minimum atomic E-state index is -4.41. The van der Waals surface area contributed by atoms with Crippen LogP contribution in [-0.2, 0) is 11.2 Å². The molecule has 1 N–H and O–H groups in total. The van der Waals surface area contributed by atoms with Crippen LogP contribution in [0, 0.1) is 0 Å². The molecule has 2 aromatic rings. The van der Waals surface area contributed by atoms with E-state index in [4.69, 9.17) is 27.9 Å². The topological polar surface area (TPSA) is 55.4 Å². The van der Waals surface area contributed by atoms with Gasteiger partial charge in [-0.05, 0) is 54.1 Å². The van der Waals surface area contributed by atoms with Gasteiger partial charge in [0.25, 0.3) is 12.4 Å². The highest BCUT2D eigenvalue weighted by atomic mass is 35.5. The first-order valence-corrected chi connectivity index (χ1v) is 9.01. The van der Waals surface area contributed by atoms with Gasteiger partial charge in [-0.2, -0.15) is 13.2 Å². The van der Waals surface area contributed by atoms with Crippen molar-refractivity contribution in [3.63, 3.8) is 0 Å². The lowest BCUT2D eigenvalue weighted by Gasteiger charge is -2.15. The van der Waals surface area contributed by atoms with E-state index in [1.54, 1.807) is 6.92 Å². The Morgan fingerprint density at radius 2 is 1.89 bits per heavy atom. The van der Waals surface area contributed by atoms with Gasteiger partial charge in [0.15, 0.2) is 5.75 Å². The number of rotatable bonds is 6. The lowest BCUT2D eigenvalue weighted by Crippen LogP contribution is -2.15. The number of halogens is 5. The van der Waals surface area contributed by atoms with Crippen molar-refractivity contribution in [2.24, 2.45) is 0 Å². The molecule has 27 heavy (non-hydrogen) atoms. The average molecular weight is 438 g/mol. The molecule has 0 fully saturated rings. The van der Waals surface area contributed by atoms with Crippen molar-refractivity contribution in [1.82, 2.24) is 0 Å². The molecule has 0 aliphatic rings. The monoisotopic (exact) mass is 437 g/mol. The van der Waals surface area contributed by atoms with Crippen LogP contribution < -0.4 is 10.1 Å². The lowest BCUT2D eigenvalue weighted by atomic mass is 10.1. The van der Waals surface area contributed by atoms with Gasteiger partial charge in [-0.1, -0.05) is 30.1 Å². The van der Waals surface area contributed by atoms with Crippen molar-refractivity contribution in [2.45, 2.75) is 23.7 Å². The van der Waals surface area contributed by atoms with E-state index in [9.17, 15) is 22.8 Å². The van der Waals surface area contributed by atoms with Gasteiger partial charge in [-0.15, -0.1) is 0 Å². The minimum Gasteiger partial charge on any atom is -0.426 e. The van der Waals surface area contributed by atoms with E-state index >= 15 is 0 Å². The summed E-state index contributed by atoms with van der Waals surface area (Å²) < 4.78 is 41.9. The van der Waals surface area contributed by atoms with E-state index < -0.39 is 11.4 Å². The number of thioether (sulfide) groups is 1. The molecule has 144 valence electrons. The number of hydrogen-bond donors (Lipinski definition) is 1. The molecule has 2 aromatic carbocycles. The number of aryl methyl sites for hydroxylation is 1. The molecule has 0 atom stereocenters. The predicted molar refractivity (Wildman–Crippen MR) is 98.8 cm³/mol. The fourth-order valence-corrected chi connectivity index (χ4v) is 3.39. The highest BCUT2D eigenvalue weighted by Crippen LogP contribution is 2.39. The standard InChI is InChI=1S/C17H12Cl2F3NO3S/c1-2-9-7-12(18)15(26-8-24)13(14(9)19)16(25)23-10-3-5-11(6-4-10)27-17(20,21)22/h3-8H,2H2,1H3,(H,23,25). The van der Waals surface area contributed by atoms with Crippen LogP contribution in [0.15, 0.2) is 35.2 Å². The normalized spacial score (nSPS) is 11.2. The van der Waals surface area contributed by atoms with Crippen molar-refractivity contribution >= 4 is 53.0 Å². The number of alkyl halides is 3. The summed E-state index contributed by atoms with van der Waals surface area (Å²) in [5.41, 5.74) is -3.74. The summed E-state index contributed by atoms with van der Waals surface area (Å²) in [4.78, 5) is 23.3. The molecule has 1 amide bonds. The maximum atomic E-state index is 12.6. The van der Waals surface area contributed by atoms with Crippen LogP contribution in [0.4, 0.5) is 18.9 Å². The zero-order chi connectivity index (χ0) is 20.2. The molecule has 0 unspecified atom stereocenters. The molecule has 2 rings (SSSR count). The molecule has 0 heterocycles. The number of carbonyl (C=O) groups is 2. The highest BCUT2D eigenvalue weighted by molar-refractivity contribution is 8.00. The predicted octanol–water partition coefficient (Wildman–Crippen LogP) is 5.96. The Hall–Kier alpha value is -1.90. The Morgan fingerprint density at radius 3 is 2.41 bits per heavy atom. The van der Waals surface area contributed by atoms with Gasteiger partial charge in [0.1, 0.15) is 5.56 Å². The maximum Gasteiger partial charge on any atom is 0.446 e. The number of nitrogens with one attached hydrogen (secondary N) is 1. The zero-order valence-electron chi connectivity index (χ0n) is 13.7. The Bertz CT molecular complexity index is 858. The van der Waals surface area contributed by atoms with E-state index in [2.05, 4.69) is 5.32 Å². The second kappa shape index (κ2) is 8.86. The average Bonchev–Trinajstić information content (AvgIpc) is 2.58. The third-order valence-electron chi connectivity index (χ3n) is 3.37. The summed E-state index contributed by atoms with van der Waals surface area (Å²) in [5.74, 6) is -0.916. The number of ether oxygens (including phenoxy) is 1. The molecule has 0 spiro atoms. The van der Waals surface area contributed by atoms with Crippen LogP contribution in [0.3, 0.4) is 0 Å². The first-order valence-electron chi connectivity index (χ1n) is 7.44. The number of amides is 1. The number of benzene rings is 2. The van der Waals surface area contributed by atoms with Crippen LogP contribution in [0.5, 0.6) is 5.75 Å². The number of hydrogen-bond acceptors (Lipinski definition) is 4. The zero-order valence-corrected chi connectivity index (χ0v) is 16.0. The van der Waals surface area contributed by atoms with Crippen molar-refractivity contribution in [2.75, 3.05) is 5.32 Å². The SMILES string of the molecule is CCc1cc(Cl)c(OC=O)c(C(=O)Nc2ccc(SC(F)(F)F)cc2)c1Cl. The van der Waals surface area contributed by atoms with Crippen molar-refractivity contribution < 1.29 is 27.5 Å². The highest BCUT2D eigenvalue weighted by Gasteiger charge is 2.29. The summed E-state index contributed by atoms with van der Waals surface area (Å²) >= 11 is 12.0. The molecule has 0 saturated carbocycles. The lowest BCUT2D eigenvalue weighted by molar-refractivity contribution is -0.120. The molecule has 0 aliphatic heterocycles. The molecule has 0 aromatic heterocycles. The molecular weight excluding hydrogens is 426 g/mol. The van der Waals surface area contributed by atoms with Crippen LogP contribution in [0.25, 0.3) is 0 Å². The fraction of sp³-hybridized carbons (Fsp3) is 0.176. The largest absolute Gasteiger partial charge is 0.446 e. The van der Waals surface area contributed by atoms with Gasteiger partial charge in [-0.25, -0.2) is 0 Å². The first kappa shape index (κ1) is 21.4. The van der Waals surface area contributed by atoms with Crippen LogP contribution in [-0.4, -0.2) is 17.9 Å². The van der Waals surface area contributed by atoms with Crippen molar-refractivity contribution in [1.29, 1.82) is 0 Å². The summed E-state index contributed by atoms with van der Waals surface area (Å²) in [6.07, 6.45) is 0.476. The van der Waals surface area contributed by atoms with Gasteiger partial charge in [0.05, 0.1) is 10.0 Å². The fourth-order valence-electron chi connectivity index (χ4n) is 2.22. The second-order valence-electron chi connectivity index (χ2n) is 5.13. The summed E-state index contributed by atoms with van der Waals surface area (Å²) in [5, 5.41) is 2.60. The van der Waals surface area contributed by atoms with Gasteiger partial charge >= 0.3 is 5.51 Å². The van der Waals surface area contributed by atoms with E-state index in [1.807, 2.05) is 0 Å². The second-order valence-corrected chi connectivity index (χ2v) is 7.05. The Labute approximate surface area is 167 Å². The first-order chi connectivity index (χ1) is 12.7. The minimum absolute atomic E-state index is 0.0282. The molecule has 0 saturated heterocycles. The molecule has 0 radical (unpaired) electrons. The Kier molecular flexibility index (Phi) is 7.02. The third kappa shape index (κ3) is 5.54. The molecule has 10 heteroatoms. The van der Waals surface area contributed by atoms with Gasteiger partial charge < -0.3 is 10.1 Å². The molecule has 0 aliphatic carbocycles. The third-order valence-corrected chi connectivity index (χ3v) is 4.82. The number of carbonyl (C=O) groups excluding carboxylic acids is 2. The van der Waals surface area contributed by atoms with Crippen molar-refractivity contribution in [3.8, 4) is 5.75 Å². The van der Waals surface area contributed by atoms with E-state index in [0.717, 1.165) is 0 Å². The van der Waals surface area contributed by atoms with Gasteiger partial charge in [0, 0.05) is 10.6 Å². The summed E-state index contributed by atoms with van der Waals surface area (Å²) in [6, 6.07) is 6.54. The van der Waals surface area contributed by atoms with Gasteiger partial charge in [0.2, 0.25) is 0 Å². The van der Waals surface area contributed by atoms with E-state index in [1.165, 1.54) is 30.3 Å². The van der Waals surface area contributed by atoms with Crippen LogP contribution >= 0.6 is 35.0 Å². The maximum absolute atomic E-state index is 12.6. The summed E-state index contributed by atoms with van der Waals surface area (Å²) in [6.45, 7) is 1.92.